The average Bonchev–Trinajstić information content (AvgIpc) is 2.68. The maximum atomic E-state index is 11.5. The Morgan fingerprint density at radius 2 is 2.29 bits per heavy atom. The summed E-state index contributed by atoms with van der Waals surface area (Å²) in [4.78, 5) is 11.5. The number of carbonyl (C=O) groups is 1. The third-order valence-corrected chi connectivity index (χ3v) is 3.92. The van der Waals surface area contributed by atoms with Gasteiger partial charge in [-0.05, 0) is 42.5 Å². The number of esters is 1. The second kappa shape index (κ2) is 4.40. The summed E-state index contributed by atoms with van der Waals surface area (Å²) in [6, 6.07) is 5.47. The molecule has 3 nitrogen and oxygen atoms in total. The van der Waals surface area contributed by atoms with Crippen LogP contribution in [-0.4, -0.2) is 18.2 Å². The topological polar surface area (TPSA) is 46.5 Å². The van der Waals surface area contributed by atoms with Crippen molar-refractivity contribution in [1.82, 2.24) is 0 Å². The summed E-state index contributed by atoms with van der Waals surface area (Å²) in [5, 5.41) is 9.60. The molecule has 0 saturated heterocycles. The molecule has 0 fully saturated rings. The number of rotatable bonds is 3. The van der Waals surface area contributed by atoms with E-state index in [1.165, 1.54) is 12.7 Å². The summed E-state index contributed by atoms with van der Waals surface area (Å²) in [5.74, 6) is 0.0939. The van der Waals surface area contributed by atoms with Crippen molar-refractivity contribution in [2.45, 2.75) is 38.0 Å². The molecule has 1 aliphatic carbocycles. The molecule has 1 aliphatic rings. The minimum atomic E-state index is -0.178. The van der Waals surface area contributed by atoms with E-state index in [0.717, 1.165) is 24.8 Å². The Kier molecular flexibility index (Phi) is 3.09. The molecular weight excluding hydrogens is 216 g/mol. The van der Waals surface area contributed by atoms with Crippen molar-refractivity contribution in [3.8, 4) is 5.75 Å². The molecule has 1 unspecified atom stereocenters. The molecule has 92 valence electrons. The second-order valence-corrected chi connectivity index (χ2v) is 4.73. The molecule has 0 heterocycles. The minimum Gasteiger partial charge on any atom is -0.508 e. The minimum absolute atomic E-state index is 0.152. The number of methoxy groups -OCH3 is 1. The summed E-state index contributed by atoms with van der Waals surface area (Å²) in [5.41, 5.74) is 2.21. The zero-order chi connectivity index (χ0) is 12.5. The van der Waals surface area contributed by atoms with E-state index in [1.54, 1.807) is 12.1 Å². The van der Waals surface area contributed by atoms with Gasteiger partial charge in [-0.2, -0.15) is 0 Å². The molecule has 0 radical (unpaired) electrons. The van der Waals surface area contributed by atoms with E-state index in [-0.39, 0.29) is 17.1 Å². The molecule has 1 atom stereocenters. The molecule has 1 N–H and O–H groups in total. The monoisotopic (exact) mass is 234 g/mol. The lowest BCUT2D eigenvalue weighted by molar-refractivity contribution is -0.142. The number of carbonyl (C=O) groups excluding carboxylic acids is 1. The van der Waals surface area contributed by atoms with Gasteiger partial charge in [-0.25, -0.2) is 0 Å². The van der Waals surface area contributed by atoms with E-state index in [9.17, 15) is 9.90 Å². The van der Waals surface area contributed by atoms with Crippen LogP contribution in [0.4, 0.5) is 0 Å². The van der Waals surface area contributed by atoms with Crippen LogP contribution in [0.15, 0.2) is 18.2 Å². The number of benzene rings is 1. The van der Waals surface area contributed by atoms with Crippen LogP contribution in [0.1, 0.15) is 37.3 Å². The standard InChI is InChI=1S/C14H18O3/c1-3-14(9-13(16)17-2)7-6-10-4-5-11(15)8-12(10)14/h4-5,8,15H,3,6-7,9H2,1-2H3. The molecule has 0 amide bonds. The molecule has 3 heteroatoms. The Morgan fingerprint density at radius 1 is 1.53 bits per heavy atom. The Labute approximate surface area is 101 Å². The van der Waals surface area contributed by atoms with Crippen molar-refractivity contribution < 1.29 is 14.6 Å². The Hall–Kier alpha value is -1.51. The summed E-state index contributed by atoms with van der Waals surface area (Å²) >= 11 is 0. The van der Waals surface area contributed by atoms with E-state index in [4.69, 9.17) is 4.74 Å². The third-order valence-electron chi connectivity index (χ3n) is 3.92. The lowest BCUT2D eigenvalue weighted by atomic mass is 9.76. The van der Waals surface area contributed by atoms with Crippen molar-refractivity contribution >= 4 is 5.97 Å². The zero-order valence-electron chi connectivity index (χ0n) is 10.3. The second-order valence-electron chi connectivity index (χ2n) is 4.73. The van der Waals surface area contributed by atoms with Gasteiger partial charge in [-0.15, -0.1) is 0 Å². The van der Waals surface area contributed by atoms with Crippen molar-refractivity contribution in [3.63, 3.8) is 0 Å². The number of hydrogen-bond acceptors (Lipinski definition) is 3. The van der Waals surface area contributed by atoms with Crippen molar-refractivity contribution in [1.29, 1.82) is 0 Å². The summed E-state index contributed by atoms with van der Waals surface area (Å²) in [7, 11) is 1.42. The summed E-state index contributed by atoms with van der Waals surface area (Å²) < 4.78 is 4.78. The number of phenolic OH excluding ortho intramolecular Hbond substituents is 1. The van der Waals surface area contributed by atoms with E-state index < -0.39 is 0 Å². The van der Waals surface area contributed by atoms with Gasteiger partial charge in [0.15, 0.2) is 0 Å². The van der Waals surface area contributed by atoms with Gasteiger partial charge >= 0.3 is 5.97 Å². The van der Waals surface area contributed by atoms with Crippen molar-refractivity contribution in [3.05, 3.63) is 29.3 Å². The van der Waals surface area contributed by atoms with Gasteiger partial charge in [0.1, 0.15) is 5.75 Å². The van der Waals surface area contributed by atoms with Gasteiger partial charge in [-0.1, -0.05) is 13.0 Å². The van der Waals surface area contributed by atoms with Gasteiger partial charge < -0.3 is 9.84 Å². The first kappa shape index (κ1) is 12.0. The van der Waals surface area contributed by atoms with Crippen LogP contribution in [0.25, 0.3) is 0 Å². The number of aryl methyl sites for hydroxylation is 1. The van der Waals surface area contributed by atoms with Crippen LogP contribution in [0.3, 0.4) is 0 Å². The molecule has 2 rings (SSSR count). The molecule has 0 saturated carbocycles. The Morgan fingerprint density at radius 3 is 2.94 bits per heavy atom. The van der Waals surface area contributed by atoms with Gasteiger partial charge in [0.2, 0.25) is 0 Å². The first-order valence-corrected chi connectivity index (χ1v) is 6.00. The van der Waals surface area contributed by atoms with Crippen LogP contribution in [-0.2, 0) is 21.4 Å². The number of aromatic hydroxyl groups is 1. The summed E-state index contributed by atoms with van der Waals surface area (Å²) in [6.45, 7) is 2.09. The molecule has 0 bridgehead atoms. The van der Waals surface area contributed by atoms with Gasteiger partial charge in [0.05, 0.1) is 13.5 Å². The lowest BCUT2D eigenvalue weighted by Gasteiger charge is -2.27. The quantitative estimate of drug-likeness (QED) is 0.817. The lowest BCUT2D eigenvalue weighted by Crippen LogP contribution is -2.26. The van der Waals surface area contributed by atoms with E-state index >= 15 is 0 Å². The first-order valence-electron chi connectivity index (χ1n) is 6.00. The van der Waals surface area contributed by atoms with Crippen molar-refractivity contribution in [2.75, 3.05) is 7.11 Å². The fraction of sp³-hybridized carbons (Fsp3) is 0.500. The van der Waals surface area contributed by atoms with Gasteiger partial charge in [0.25, 0.3) is 0 Å². The molecule has 0 aliphatic heterocycles. The Bertz CT molecular complexity index is 439. The molecule has 1 aromatic rings. The maximum Gasteiger partial charge on any atom is 0.306 e. The number of hydrogen-bond donors (Lipinski definition) is 1. The van der Waals surface area contributed by atoms with Gasteiger partial charge in [-0.3, -0.25) is 4.79 Å². The predicted molar refractivity (Wildman–Crippen MR) is 65.0 cm³/mol. The highest BCUT2D eigenvalue weighted by atomic mass is 16.5. The fourth-order valence-corrected chi connectivity index (χ4v) is 2.81. The third kappa shape index (κ3) is 2.02. The zero-order valence-corrected chi connectivity index (χ0v) is 10.3. The Balaban J connectivity index is 2.39. The van der Waals surface area contributed by atoms with Crippen LogP contribution in [0.2, 0.25) is 0 Å². The highest BCUT2D eigenvalue weighted by Crippen LogP contribution is 2.45. The molecule has 0 spiro atoms. The molecule has 1 aromatic carbocycles. The van der Waals surface area contributed by atoms with E-state index in [0.29, 0.717) is 6.42 Å². The van der Waals surface area contributed by atoms with Crippen LogP contribution in [0.5, 0.6) is 5.75 Å². The van der Waals surface area contributed by atoms with Crippen molar-refractivity contribution in [2.24, 2.45) is 0 Å². The van der Waals surface area contributed by atoms with Gasteiger partial charge in [0, 0.05) is 5.41 Å². The van der Waals surface area contributed by atoms with Crippen LogP contribution < -0.4 is 0 Å². The number of fused-ring (bicyclic) bond motifs is 1. The van der Waals surface area contributed by atoms with E-state index in [1.807, 2.05) is 6.07 Å². The van der Waals surface area contributed by atoms with Crippen LogP contribution >= 0.6 is 0 Å². The average molecular weight is 234 g/mol. The predicted octanol–water partition coefficient (Wildman–Crippen LogP) is 2.55. The smallest absolute Gasteiger partial charge is 0.306 e. The van der Waals surface area contributed by atoms with Crippen LogP contribution in [0, 0.1) is 0 Å². The molecule has 17 heavy (non-hydrogen) atoms. The SMILES string of the molecule is CCC1(CC(=O)OC)CCc2ccc(O)cc21. The highest BCUT2D eigenvalue weighted by Gasteiger charge is 2.39. The normalized spacial score (nSPS) is 22.2. The van der Waals surface area contributed by atoms with E-state index in [2.05, 4.69) is 6.92 Å². The largest absolute Gasteiger partial charge is 0.508 e. The highest BCUT2D eigenvalue weighted by molar-refractivity contribution is 5.72. The maximum absolute atomic E-state index is 11.5. The molecular formula is C14H18O3. The number of ether oxygens (including phenoxy) is 1. The number of phenols is 1. The fourth-order valence-electron chi connectivity index (χ4n) is 2.81. The summed E-state index contributed by atoms with van der Waals surface area (Å²) in [6.07, 6.45) is 3.22. The first-order chi connectivity index (χ1) is 8.11. The molecule has 0 aromatic heterocycles.